The van der Waals surface area contributed by atoms with Gasteiger partial charge in [0, 0.05) is 37.0 Å². The highest BCUT2D eigenvalue weighted by atomic mass is 32.2. The smallest absolute Gasteiger partial charge is 0.0187 e. The summed E-state index contributed by atoms with van der Waals surface area (Å²) in [5.74, 6) is 2.74. The Morgan fingerprint density at radius 2 is 1.93 bits per heavy atom. The number of piperazine rings is 1. The molecular formula is C11H22N2S. The Kier molecular flexibility index (Phi) is 3.74. The van der Waals surface area contributed by atoms with Crippen molar-refractivity contribution >= 4 is 11.8 Å². The number of hydrogen-bond donors (Lipinski definition) is 1. The van der Waals surface area contributed by atoms with Crippen LogP contribution in [0.2, 0.25) is 0 Å². The van der Waals surface area contributed by atoms with Gasteiger partial charge in [-0.25, -0.2) is 0 Å². The molecule has 1 N–H and O–H groups in total. The topological polar surface area (TPSA) is 15.3 Å². The third kappa shape index (κ3) is 2.65. The second kappa shape index (κ2) is 4.86. The predicted octanol–water partition coefficient (Wildman–Crippen LogP) is 1.56. The maximum absolute atomic E-state index is 3.60. The minimum absolute atomic E-state index is 0.672. The van der Waals surface area contributed by atoms with E-state index in [0.29, 0.717) is 12.1 Å². The molecule has 3 heteroatoms. The van der Waals surface area contributed by atoms with Crippen LogP contribution >= 0.6 is 11.8 Å². The van der Waals surface area contributed by atoms with Gasteiger partial charge in [0.25, 0.3) is 0 Å². The molecule has 14 heavy (non-hydrogen) atoms. The molecule has 0 aromatic rings. The van der Waals surface area contributed by atoms with Crippen molar-refractivity contribution < 1.29 is 0 Å². The second-order valence-corrected chi connectivity index (χ2v) is 5.94. The van der Waals surface area contributed by atoms with E-state index >= 15 is 0 Å². The predicted molar refractivity (Wildman–Crippen MR) is 64.0 cm³/mol. The highest BCUT2D eigenvalue weighted by Crippen LogP contribution is 2.23. The average Bonchev–Trinajstić information content (AvgIpc) is 2.18. The zero-order valence-electron chi connectivity index (χ0n) is 9.33. The molecule has 82 valence electrons. The van der Waals surface area contributed by atoms with Crippen molar-refractivity contribution in [3.05, 3.63) is 0 Å². The van der Waals surface area contributed by atoms with Crippen molar-refractivity contribution in [1.82, 2.24) is 10.2 Å². The van der Waals surface area contributed by atoms with Gasteiger partial charge in [-0.2, -0.15) is 11.8 Å². The van der Waals surface area contributed by atoms with E-state index in [-0.39, 0.29) is 0 Å². The first-order valence-electron chi connectivity index (χ1n) is 5.83. The molecule has 3 unspecified atom stereocenters. The van der Waals surface area contributed by atoms with Gasteiger partial charge in [-0.15, -0.1) is 0 Å². The maximum atomic E-state index is 3.60. The van der Waals surface area contributed by atoms with E-state index in [9.17, 15) is 0 Å². The molecule has 0 aromatic carbocycles. The van der Waals surface area contributed by atoms with E-state index in [0.717, 1.165) is 6.04 Å². The fraction of sp³-hybridized carbons (Fsp3) is 1.00. The third-order valence-electron chi connectivity index (χ3n) is 3.24. The summed E-state index contributed by atoms with van der Waals surface area (Å²) in [6, 6.07) is 2.21. The highest BCUT2D eigenvalue weighted by Gasteiger charge is 2.27. The van der Waals surface area contributed by atoms with Crippen LogP contribution in [0.3, 0.4) is 0 Å². The first-order chi connectivity index (χ1) is 6.75. The van der Waals surface area contributed by atoms with Gasteiger partial charge in [0.2, 0.25) is 0 Å². The fourth-order valence-electron chi connectivity index (χ4n) is 2.68. The van der Waals surface area contributed by atoms with E-state index in [1.807, 2.05) is 0 Å². The SMILES string of the molecule is CC1CN(C2CCCSC2)CC(C)N1. The van der Waals surface area contributed by atoms with E-state index in [2.05, 4.69) is 35.8 Å². The number of nitrogens with zero attached hydrogens (tertiary/aromatic N) is 1. The lowest BCUT2D eigenvalue weighted by Gasteiger charge is -2.42. The van der Waals surface area contributed by atoms with Crippen LogP contribution in [0.25, 0.3) is 0 Å². The van der Waals surface area contributed by atoms with Gasteiger partial charge in [-0.3, -0.25) is 4.90 Å². The van der Waals surface area contributed by atoms with Crippen molar-refractivity contribution in [1.29, 1.82) is 0 Å². The molecule has 2 aliphatic heterocycles. The summed E-state index contributed by atoms with van der Waals surface area (Å²) in [7, 11) is 0. The number of rotatable bonds is 1. The van der Waals surface area contributed by atoms with E-state index in [4.69, 9.17) is 0 Å². The molecular weight excluding hydrogens is 192 g/mol. The molecule has 0 radical (unpaired) electrons. The summed E-state index contributed by atoms with van der Waals surface area (Å²) in [5, 5.41) is 3.60. The van der Waals surface area contributed by atoms with Crippen LogP contribution < -0.4 is 5.32 Å². The first-order valence-corrected chi connectivity index (χ1v) is 6.99. The maximum Gasteiger partial charge on any atom is 0.0187 e. The van der Waals surface area contributed by atoms with E-state index in [1.165, 1.54) is 37.4 Å². The van der Waals surface area contributed by atoms with Gasteiger partial charge < -0.3 is 5.32 Å². The Morgan fingerprint density at radius 1 is 1.21 bits per heavy atom. The van der Waals surface area contributed by atoms with Gasteiger partial charge in [0.15, 0.2) is 0 Å². The van der Waals surface area contributed by atoms with Crippen molar-refractivity contribution in [2.24, 2.45) is 0 Å². The Morgan fingerprint density at radius 3 is 2.50 bits per heavy atom. The summed E-state index contributed by atoms with van der Waals surface area (Å²) >= 11 is 2.14. The Balaban J connectivity index is 1.88. The van der Waals surface area contributed by atoms with Crippen LogP contribution in [0.4, 0.5) is 0 Å². The van der Waals surface area contributed by atoms with Crippen LogP contribution in [0.15, 0.2) is 0 Å². The molecule has 2 rings (SSSR count). The molecule has 2 fully saturated rings. The lowest BCUT2D eigenvalue weighted by atomic mass is 10.1. The fourth-order valence-corrected chi connectivity index (χ4v) is 3.87. The van der Waals surface area contributed by atoms with Crippen molar-refractivity contribution in [2.75, 3.05) is 24.6 Å². The van der Waals surface area contributed by atoms with Crippen LogP contribution in [-0.4, -0.2) is 47.6 Å². The zero-order valence-corrected chi connectivity index (χ0v) is 10.1. The largest absolute Gasteiger partial charge is 0.309 e. The number of hydrogen-bond acceptors (Lipinski definition) is 3. The van der Waals surface area contributed by atoms with Gasteiger partial charge in [0.1, 0.15) is 0 Å². The van der Waals surface area contributed by atoms with E-state index < -0.39 is 0 Å². The second-order valence-electron chi connectivity index (χ2n) is 4.79. The Hall–Kier alpha value is 0.270. The summed E-state index contributed by atoms with van der Waals surface area (Å²) in [5.41, 5.74) is 0. The molecule has 2 nitrogen and oxygen atoms in total. The molecule has 0 amide bonds. The minimum atomic E-state index is 0.672. The molecule has 2 saturated heterocycles. The number of nitrogens with one attached hydrogen (secondary N) is 1. The molecule has 0 aromatic heterocycles. The van der Waals surface area contributed by atoms with Crippen LogP contribution in [0, 0.1) is 0 Å². The summed E-state index contributed by atoms with van der Waals surface area (Å²) in [6.07, 6.45) is 2.84. The Bertz CT molecular complexity index is 170. The standard InChI is InChI=1S/C11H22N2S/c1-9-6-13(7-10(2)12-9)11-4-3-5-14-8-11/h9-12H,3-8H2,1-2H3. The summed E-state index contributed by atoms with van der Waals surface area (Å²) in [6.45, 7) is 7.10. The molecule has 0 saturated carbocycles. The average molecular weight is 214 g/mol. The van der Waals surface area contributed by atoms with Gasteiger partial charge >= 0.3 is 0 Å². The Labute approximate surface area is 91.8 Å². The molecule has 2 heterocycles. The minimum Gasteiger partial charge on any atom is -0.309 e. The van der Waals surface area contributed by atoms with Crippen molar-refractivity contribution in [3.63, 3.8) is 0 Å². The van der Waals surface area contributed by atoms with Gasteiger partial charge in [0.05, 0.1) is 0 Å². The van der Waals surface area contributed by atoms with Gasteiger partial charge in [-0.1, -0.05) is 0 Å². The summed E-state index contributed by atoms with van der Waals surface area (Å²) in [4.78, 5) is 2.71. The van der Waals surface area contributed by atoms with Gasteiger partial charge in [-0.05, 0) is 32.4 Å². The molecule has 0 spiro atoms. The van der Waals surface area contributed by atoms with Crippen LogP contribution in [0.5, 0.6) is 0 Å². The lowest BCUT2D eigenvalue weighted by molar-refractivity contribution is 0.126. The van der Waals surface area contributed by atoms with Crippen LogP contribution in [0.1, 0.15) is 26.7 Å². The van der Waals surface area contributed by atoms with Crippen LogP contribution in [-0.2, 0) is 0 Å². The van der Waals surface area contributed by atoms with Crippen molar-refractivity contribution in [2.45, 2.75) is 44.8 Å². The molecule has 2 aliphatic rings. The lowest BCUT2D eigenvalue weighted by Crippen LogP contribution is -2.57. The monoisotopic (exact) mass is 214 g/mol. The molecule has 3 atom stereocenters. The van der Waals surface area contributed by atoms with E-state index in [1.54, 1.807) is 0 Å². The first kappa shape index (κ1) is 10.8. The number of thioether (sulfide) groups is 1. The highest BCUT2D eigenvalue weighted by molar-refractivity contribution is 7.99. The third-order valence-corrected chi connectivity index (χ3v) is 4.44. The summed E-state index contributed by atoms with van der Waals surface area (Å²) < 4.78 is 0. The zero-order chi connectivity index (χ0) is 9.97. The quantitative estimate of drug-likeness (QED) is 0.713. The van der Waals surface area contributed by atoms with Crippen molar-refractivity contribution in [3.8, 4) is 0 Å². The normalized spacial score (nSPS) is 41.1. The molecule has 0 aliphatic carbocycles. The molecule has 0 bridgehead atoms.